The molecule has 0 amide bonds. The molecule has 18 heavy (non-hydrogen) atoms. The Morgan fingerprint density at radius 3 is 2.83 bits per heavy atom. The quantitative estimate of drug-likeness (QED) is 0.751. The molecule has 0 saturated heterocycles. The van der Waals surface area contributed by atoms with E-state index in [-0.39, 0.29) is 5.78 Å². The maximum absolute atomic E-state index is 12.0. The van der Waals surface area contributed by atoms with E-state index in [4.69, 9.17) is 4.74 Å². The zero-order chi connectivity index (χ0) is 12.8. The molecule has 0 radical (unpaired) electrons. The average molecular weight is 248 g/mol. The van der Waals surface area contributed by atoms with Crippen LogP contribution in [-0.4, -0.2) is 22.9 Å². The molecule has 1 aromatic rings. The van der Waals surface area contributed by atoms with Crippen LogP contribution in [0.5, 0.6) is 5.88 Å². The molecular weight excluding hydrogens is 228 g/mol. The van der Waals surface area contributed by atoms with Gasteiger partial charge in [-0.3, -0.25) is 4.79 Å². The topological polar surface area (TPSA) is 52.1 Å². The van der Waals surface area contributed by atoms with Gasteiger partial charge in [-0.2, -0.15) is 0 Å². The third kappa shape index (κ3) is 3.52. The first kappa shape index (κ1) is 13.0. The summed E-state index contributed by atoms with van der Waals surface area (Å²) in [5, 5.41) is 0. The first-order valence-corrected chi connectivity index (χ1v) is 6.69. The molecule has 0 aliphatic heterocycles. The number of carbonyl (C=O) groups excluding carboxylic acids is 1. The first-order valence-electron chi connectivity index (χ1n) is 6.69. The second-order valence-corrected chi connectivity index (χ2v) is 4.91. The van der Waals surface area contributed by atoms with Crippen molar-refractivity contribution in [3.05, 3.63) is 18.1 Å². The predicted octanol–water partition coefficient (Wildman–Crippen LogP) is 3.03. The summed E-state index contributed by atoms with van der Waals surface area (Å²) >= 11 is 0. The highest BCUT2D eigenvalue weighted by molar-refractivity contribution is 5.94. The molecule has 1 aliphatic rings. The van der Waals surface area contributed by atoms with Crippen LogP contribution in [0.15, 0.2) is 12.4 Å². The standard InChI is InChI=1S/C14H20N2O2/c1-18-14-9-12(15-10-16-14)13(17)8-7-11-5-3-2-4-6-11/h9-11H,2-8H2,1H3. The molecule has 0 N–H and O–H groups in total. The van der Waals surface area contributed by atoms with Gasteiger partial charge in [0.1, 0.15) is 12.0 Å². The van der Waals surface area contributed by atoms with Crippen LogP contribution >= 0.6 is 0 Å². The van der Waals surface area contributed by atoms with Crippen molar-refractivity contribution in [3.8, 4) is 5.88 Å². The van der Waals surface area contributed by atoms with E-state index < -0.39 is 0 Å². The van der Waals surface area contributed by atoms with Gasteiger partial charge in [-0.05, 0) is 12.3 Å². The largest absolute Gasteiger partial charge is 0.481 e. The molecule has 4 nitrogen and oxygen atoms in total. The summed E-state index contributed by atoms with van der Waals surface area (Å²) in [7, 11) is 1.54. The number of Topliss-reactive ketones (excluding diaryl/α,β-unsaturated/α-hetero) is 1. The third-order valence-corrected chi connectivity index (χ3v) is 3.64. The fourth-order valence-electron chi connectivity index (χ4n) is 2.54. The zero-order valence-corrected chi connectivity index (χ0v) is 10.9. The predicted molar refractivity (Wildman–Crippen MR) is 68.7 cm³/mol. The zero-order valence-electron chi connectivity index (χ0n) is 10.9. The minimum atomic E-state index is 0.0984. The summed E-state index contributed by atoms with van der Waals surface area (Å²) in [6.45, 7) is 0. The minimum Gasteiger partial charge on any atom is -0.481 e. The highest BCUT2D eigenvalue weighted by Gasteiger charge is 2.16. The second kappa shape index (κ2) is 6.47. The molecular formula is C14H20N2O2. The van der Waals surface area contributed by atoms with Gasteiger partial charge in [0.05, 0.1) is 7.11 Å². The smallest absolute Gasteiger partial charge is 0.216 e. The molecule has 0 bridgehead atoms. The van der Waals surface area contributed by atoms with Gasteiger partial charge >= 0.3 is 0 Å². The maximum Gasteiger partial charge on any atom is 0.216 e. The number of rotatable bonds is 5. The molecule has 0 atom stereocenters. The Labute approximate surface area is 108 Å². The Morgan fingerprint density at radius 2 is 2.11 bits per heavy atom. The van der Waals surface area contributed by atoms with Crippen LogP contribution < -0.4 is 4.74 Å². The van der Waals surface area contributed by atoms with Crippen molar-refractivity contribution in [1.82, 2.24) is 9.97 Å². The lowest BCUT2D eigenvalue weighted by molar-refractivity contribution is 0.0964. The fraction of sp³-hybridized carbons (Fsp3) is 0.643. The number of hydrogen-bond acceptors (Lipinski definition) is 4. The van der Waals surface area contributed by atoms with Crippen molar-refractivity contribution in [2.24, 2.45) is 5.92 Å². The lowest BCUT2D eigenvalue weighted by atomic mass is 9.85. The lowest BCUT2D eigenvalue weighted by Crippen LogP contribution is -2.10. The van der Waals surface area contributed by atoms with Crippen LogP contribution in [0, 0.1) is 5.92 Å². The Kier molecular flexibility index (Phi) is 4.67. The second-order valence-electron chi connectivity index (χ2n) is 4.91. The molecule has 1 saturated carbocycles. The Bertz CT molecular complexity index is 401. The van der Waals surface area contributed by atoms with Crippen LogP contribution in [0.3, 0.4) is 0 Å². The molecule has 1 aromatic heterocycles. The number of ketones is 1. The summed E-state index contributed by atoms with van der Waals surface area (Å²) < 4.78 is 5.00. The highest BCUT2D eigenvalue weighted by Crippen LogP contribution is 2.27. The SMILES string of the molecule is COc1cc(C(=O)CCC2CCCCC2)ncn1. The summed E-state index contributed by atoms with van der Waals surface area (Å²) in [4.78, 5) is 19.9. The van der Waals surface area contributed by atoms with E-state index in [9.17, 15) is 4.79 Å². The molecule has 0 spiro atoms. The van der Waals surface area contributed by atoms with Crippen LogP contribution in [0.25, 0.3) is 0 Å². The number of hydrogen-bond donors (Lipinski definition) is 0. The molecule has 4 heteroatoms. The van der Waals surface area contributed by atoms with E-state index in [1.165, 1.54) is 38.4 Å². The van der Waals surface area contributed by atoms with Gasteiger partial charge in [0, 0.05) is 12.5 Å². The number of nitrogens with zero attached hydrogens (tertiary/aromatic N) is 2. The van der Waals surface area contributed by atoms with E-state index in [1.54, 1.807) is 13.2 Å². The van der Waals surface area contributed by atoms with E-state index >= 15 is 0 Å². The average Bonchev–Trinajstić information content (AvgIpc) is 2.46. The van der Waals surface area contributed by atoms with Crippen molar-refractivity contribution in [1.29, 1.82) is 0 Å². The van der Waals surface area contributed by atoms with E-state index in [1.807, 2.05) is 0 Å². The Hall–Kier alpha value is -1.45. The van der Waals surface area contributed by atoms with Crippen molar-refractivity contribution in [2.45, 2.75) is 44.9 Å². The van der Waals surface area contributed by atoms with Gasteiger partial charge in [0.25, 0.3) is 0 Å². The van der Waals surface area contributed by atoms with Crippen molar-refractivity contribution < 1.29 is 9.53 Å². The number of ether oxygens (including phenoxy) is 1. The molecule has 2 rings (SSSR count). The summed E-state index contributed by atoms with van der Waals surface area (Å²) in [5.41, 5.74) is 0.470. The van der Waals surface area contributed by atoms with Gasteiger partial charge in [-0.1, -0.05) is 32.1 Å². The molecule has 1 heterocycles. The van der Waals surface area contributed by atoms with Crippen LogP contribution in [0.2, 0.25) is 0 Å². The maximum atomic E-state index is 12.0. The molecule has 1 fully saturated rings. The van der Waals surface area contributed by atoms with Crippen LogP contribution in [0.1, 0.15) is 55.4 Å². The summed E-state index contributed by atoms with van der Waals surface area (Å²) in [6, 6.07) is 1.61. The monoisotopic (exact) mass is 248 g/mol. The van der Waals surface area contributed by atoms with Crippen molar-refractivity contribution in [2.75, 3.05) is 7.11 Å². The van der Waals surface area contributed by atoms with Gasteiger partial charge in [0.15, 0.2) is 5.78 Å². The van der Waals surface area contributed by atoms with E-state index in [0.717, 1.165) is 12.3 Å². The normalized spacial score (nSPS) is 16.5. The number of carbonyl (C=O) groups is 1. The van der Waals surface area contributed by atoms with Crippen LogP contribution in [-0.2, 0) is 0 Å². The Morgan fingerprint density at radius 1 is 1.33 bits per heavy atom. The highest BCUT2D eigenvalue weighted by atomic mass is 16.5. The summed E-state index contributed by atoms with van der Waals surface area (Å²) in [5.74, 6) is 1.28. The van der Waals surface area contributed by atoms with E-state index in [0.29, 0.717) is 18.0 Å². The molecule has 98 valence electrons. The lowest BCUT2D eigenvalue weighted by Gasteiger charge is -2.20. The van der Waals surface area contributed by atoms with Gasteiger partial charge in [-0.15, -0.1) is 0 Å². The fourth-order valence-corrected chi connectivity index (χ4v) is 2.54. The summed E-state index contributed by atoms with van der Waals surface area (Å²) in [6.07, 6.45) is 9.51. The van der Waals surface area contributed by atoms with Gasteiger partial charge in [0.2, 0.25) is 5.88 Å². The first-order chi connectivity index (χ1) is 8.79. The van der Waals surface area contributed by atoms with Crippen molar-refractivity contribution >= 4 is 5.78 Å². The third-order valence-electron chi connectivity index (χ3n) is 3.64. The van der Waals surface area contributed by atoms with Gasteiger partial charge in [-0.25, -0.2) is 9.97 Å². The minimum absolute atomic E-state index is 0.0984. The Balaban J connectivity index is 1.86. The molecule has 0 unspecified atom stereocenters. The number of methoxy groups -OCH3 is 1. The molecule has 0 aromatic carbocycles. The number of aromatic nitrogens is 2. The molecule has 1 aliphatic carbocycles. The van der Waals surface area contributed by atoms with E-state index in [2.05, 4.69) is 9.97 Å². The van der Waals surface area contributed by atoms with Crippen molar-refractivity contribution in [3.63, 3.8) is 0 Å². The van der Waals surface area contributed by atoms with Gasteiger partial charge < -0.3 is 4.74 Å². The van der Waals surface area contributed by atoms with Crippen LogP contribution in [0.4, 0.5) is 0 Å².